The van der Waals surface area contributed by atoms with Crippen LogP contribution in [0.2, 0.25) is 0 Å². The molecule has 0 radical (unpaired) electrons. The third-order valence-electron chi connectivity index (χ3n) is 1.85. The molecule has 74 valence electrons. The fourth-order valence-corrected chi connectivity index (χ4v) is 1.05. The first-order valence-corrected chi connectivity index (χ1v) is 4.57. The zero-order valence-electron chi connectivity index (χ0n) is 8.48. The molecular formula is C11H14N2O. The number of rotatable bonds is 2. The minimum absolute atomic E-state index is 0.0803. The fraction of sp³-hybridized carbons (Fsp3) is 0.364. The van der Waals surface area contributed by atoms with Crippen LogP contribution in [-0.4, -0.2) is 18.6 Å². The van der Waals surface area contributed by atoms with Gasteiger partial charge < -0.3 is 10.3 Å². The Kier molecular flexibility index (Phi) is 3.96. The Morgan fingerprint density at radius 1 is 1.57 bits per heavy atom. The summed E-state index contributed by atoms with van der Waals surface area (Å²) in [5, 5.41) is 3.02. The van der Waals surface area contributed by atoms with E-state index in [1.165, 1.54) is 0 Å². The molecule has 0 aliphatic rings. The molecule has 3 nitrogen and oxygen atoms in total. The lowest BCUT2D eigenvalue weighted by Crippen LogP contribution is -2.06. The Labute approximate surface area is 83.6 Å². The zero-order chi connectivity index (χ0) is 10.4. The molecule has 0 saturated heterocycles. The van der Waals surface area contributed by atoms with Crippen molar-refractivity contribution in [2.24, 2.45) is 0 Å². The molecule has 0 saturated carbocycles. The Morgan fingerprint density at radius 2 is 2.36 bits per heavy atom. The van der Waals surface area contributed by atoms with Crippen molar-refractivity contribution in [1.29, 1.82) is 0 Å². The smallest absolute Gasteiger partial charge is 0.248 e. The summed E-state index contributed by atoms with van der Waals surface area (Å²) < 4.78 is 0. The second-order valence-corrected chi connectivity index (χ2v) is 3.05. The first-order chi connectivity index (χ1) is 6.74. The van der Waals surface area contributed by atoms with Gasteiger partial charge in [-0.05, 0) is 19.5 Å². The molecule has 1 rings (SSSR count). The van der Waals surface area contributed by atoms with E-state index in [-0.39, 0.29) is 5.56 Å². The van der Waals surface area contributed by atoms with Crippen LogP contribution in [-0.2, 0) is 0 Å². The summed E-state index contributed by atoms with van der Waals surface area (Å²) in [6.07, 6.45) is 2.47. The Balaban J connectivity index is 2.75. The molecule has 1 heterocycles. The predicted molar refractivity (Wildman–Crippen MR) is 57.2 cm³/mol. The topological polar surface area (TPSA) is 44.9 Å². The summed E-state index contributed by atoms with van der Waals surface area (Å²) in [4.78, 5) is 13.5. The van der Waals surface area contributed by atoms with Crippen LogP contribution < -0.4 is 10.9 Å². The summed E-state index contributed by atoms with van der Waals surface area (Å²) in [6.45, 7) is 2.77. The van der Waals surface area contributed by atoms with E-state index < -0.39 is 0 Å². The second kappa shape index (κ2) is 5.25. The van der Waals surface area contributed by atoms with Crippen molar-refractivity contribution in [3.8, 4) is 11.8 Å². The lowest BCUT2D eigenvalue weighted by Gasteiger charge is -1.94. The Bertz CT molecular complexity index is 409. The minimum Gasteiger partial charge on any atom is -0.328 e. The van der Waals surface area contributed by atoms with Crippen molar-refractivity contribution in [3.63, 3.8) is 0 Å². The maximum Gasteiger partial charge on any atom is 0.248 e. The van der Waals surface area contributed by atoms with Crippen LogP contribution in [0.5, 0.6) is 0 Å². The van der Waals surface area contributed by atoms with Gasteiger partial charge in [0.15, 0.2) is 0 Å². The van der Waals surface area contributed by atoms with Gasteiger partial charge in [-0.3, -0.25) is 4.79 Å². The van der Waals surface area contributed by atoms with Gasteiger partial charge in [0, 0.05) is 30.8 Å². The Morgan fingerprint density at radius 3 is 3.00 bits per heavy atom. The van der Waals surface area contributed by atoms with Crippen molar-refractivity contribution >= 4 is 0 Å². The number of H-pyrrole nitrogens is 1. The molecule has 0 aromatic carbocycles. The first-order valence-electron chi connectivity index (χ1n) is 4.57. The molecule has 2 N–H and O–H groups in total. The summed E-state index contributed by atoms with van der Waals surface area (Å²) in [5.74, 6) is 6.04. The SMILES string of the molecule is CNCCC#Cc1c[nH]c(=O)cc1C. The summed E-state index contributed by atoms with van der Waals surface area (Å²) in [7, 11) is 1.90. The molecule has 0 spiro atoms. The van der Waals surface area contributed by atoms with Crippen LogP contribution in [0, 0.1) is 18.8 Å². The number of aromatic nitrogens is 1. The molecule has 0 aliphatic carbocycles. The van der Waals surface area contributed by atoms with Crippen LogP contribution in [0.1, 0.15) is 17.5 Å². The highest BCUT2D eigenvalue weighted by molar-refractivity contribution is 5.38. The second-order valence-electron chi connectivity index (χ2n) is 3.05. The summed E-state index contributed by atoms with van der Waals surface area (Å²) >= 11 is 0. The third kappa shape index (κ3) is 3.08. The third-order valence-corrected chi connectivity index (χ3v) is 1.85. The number of hydrogen-bond donors (Lipinski definition) is 2. The number of nitrogens with one attached hydrogen (secondary N) is 2. The Hall–Kier alpha value is -1.53. The van der Waals surface area contributed by atoms with E-state index in [1.807, 2.05) is 14.0 Å². The quantitative estimate of drug-likeness (QED) is 0.531. The van der Waals surface area contributed by atoms with Gasteiger partial charge in [-0.25, -0.2) is 0 Å². The van der Waals surface area contributed by atoms with Crippen LogP contribution >= 0.6 is 0 Å². The number of hydrogen-bond acceptors (Lipinski definition) is 2. The molecule has 14 heavy (non-hydrogen) atoms. The van der Waals surface area contributed by atoms with Crippen LogP contribution in [0.25, 0.3) is 0 Å². The molecule has 3 heteroatoms. The monoisotopic (exact) mass is 190 g/mol. The first kappa shape index (κ1) is 10.6. The van der Waals surface area contributed by atoms with E-state index in [0.29, 0.717) is 0 Å². The van der Waals surface area contributed by atoms with Crippen LogP contribution in [0.4, 0.5) is 0 Å². The van der Waals surface area contributed by atoms with E-state index in [1.54, 1.807) is 12.3 Å². The minimum atomic E-state index is -0.0803. The molecule has 0 bridgehead atoms. The van der Waals surface area contributed by atoms with Gasteiger partial charge in [0.2, 0.25) is 5.56 Å². The molecule has 0 atom stereocenters. The van der Waals surface area contributed by atoms with E-state index in [9.17, 15) is 4.79 Å². The average Bonchev–Trinajstić information content (AvgIpc) is 2.15. The molecular weight excluding hydrogens is 176 g/mol. The highest BCUT2D eigenvalue weighted by Gasteiger charge is 1.93. The maximum atomic E-state index is 10.9. The van der Waals surface area contributed by atoms with Gasteiger partial charge >= 0.3 is 0 Å². The van der Waals surface area contributed by atoms with E-state index in [0.717, 1.165) is 24.1 Å². The average molecular weight is 190 g/mol. The van der Waals surface area contributed by atoms with Crippen molar-refractivity contribution in [3.05, 3.63) is 33.7 Å². The van der Waals surface area contributed by atoms with Gasteiger partial charge in [0.05, 0.1) is 0 Å². The number of aryl methyl sites for hydroxylation is 1. The highest BCUT2D eigenvalue weighted by atomic mass is 16.1. The standard InChI is InChI=1S/C11H14N2O/c1-9-7-11(14)13-8-10(9)5-3-4-6-12-2/h7-8,12H,4,6H2,1-2H3,(H,13,14). The predicted octanol–water partition coefficient (Wildman–Crippen LogP) is 0.644. The molecule has 1 aromatic rings. The van der Waals surface area contributed by atoms with Crippen LogP contribution in [0.3, 0.4) is 0 Å². The van der Waals surface area contributed by atoms with Crippen molar-refractivity contribution < 1.29 is 0 Å². The van der Waals surface area contributed by atoms with Crippen molar-refractivity contribution in [1.82, 2.24) is 10.3 Å². The van der Waals surface area contributed by atoms with E-state index in [2.05, 4.69) is 22.1 Å². The van der Waals surface area contributed by atoms with Crippen molar-refractivity contribution in [2.75, 3.05) is 13.6 Å². The molecule has 0 unspecified atom stereocenters. The lowest BCUT2D eigenvalue weighted by molar-refractivity contribution is 0.818. The van der Waals surface area contributed by atoms with Crippen LogP contribution in [0.15, 0.2) is 17.1 Å². The molecule has 0 aliphatic heterocycles. The summed E-state index contributed by atoms with van der Waals surface area (Å²) in [6, 6.07) is 1.56. The van der Waals surface area contributed by atoms with Gasteiger partial charge in [-0.2, -0.15) is 0 Å². The molecule has 0 fully saturated rings. The van der Waals surface area contributed by atoms with Gasteiger partial charge in [0.1, 0.15) is 0 Å². The normalized spacial score (nSPS) is 9.29. The fourth-order valence-electron chi connectivity index (χ4n) is 1.05. The number of pyridine rings is 1. The largest absolute Gasteiger partial charge is 0.328 e. The van der Waals surface area contributed by atoms with E-state index in [4.69, 9.17) is 0 Å². The highest BCUT2D eigenvalue weighted by Crippen LogP contribution is 1.99. The van der Waals surface area contributed by atoms with Gasteiger partial charge in [-0.1, -0.05) is 11.8 Å². The van der Waals surface area contributed by atoms with Crippen molar-refractivity contribution in [2.45, 2.75) is 13.3 Å². The lowest BCUT2D eigenvalue weighted by atomic mass is 10.1. The maximum absolute atomic E-state index is 10.9. The molecule has 1 aromatic heterocycles. The van der Waals surface area contributed by atoms with E-state index >= 15 is 0 Å². The zero-order valence-corrected chi connectivity index (χ0v) is 8.48. The number of aromatic amines is 1. The molecule has 0 amide bonds. The van der Waals surface area contributed by atoms with Gasteiger partial charge in [-0.15, -0.1) is 0 Å². The summed E-state index contributed by atoms with van der Waals surface area (Å²) in [5.41, 5.74) is 1.73. The van der Waals surface area contributed by atoms with Gasteiger partial charge in [0.25, 0.3) is 0 Å².